The summed E-state index contributed by atoms with van der Waals surface area (Å²) in [6, 6.07) is 159. The summed E-state index contributed by atoms with van der Waals surface area (Å²) in [6.45, 7) is 10.8. The van der Waals surface area contributed by atoms with E-state index in [-0.39, 0.29) is 20.1 Å². The summed E-state index contributed by atoms with van der Waals surface area (Å²) >= 11 is 0. The van der Waals surface area contributed by atoms with Crippen molar-refractivity contribution in [2.45, 2.75) is 87.2 Å². The molecule has 0 saturated carbocycles. The van der Waals surface area contributed by atoms with Crippen molar-refractivity contribution in [3.8, 4) is 146 Å². The molecule has 0 atom stereocenters. The van der Waals surface area contributed by atoms with Crippen molar-refractivity contribution in [2.24, 2.45) is 0 Å². The van der Waals surface area contributed by atoms with Gasteiger partial charge in [-0.15, -0.1) is 71.3 Å². The molecular formula is C136H114IrN9+5. The topological polar surface area (TPSA) is 52.9 Å². The molecule has 0 aliphatic carbocycles. The van der Waals surface area contributed by atoms with Crippen molar-refractivity contribution in [3.63, 3.8) is 0 Å². The quantitative estimate of drug-likeness (QED) is 0.123. The number of aryl methyl sites for hydroxylation is 6. The van der Waals surface area contributed by atoms with Gasteiger partial charge in [0.15, 0.2) is 89.2 Å². The third-order valence-electron chi connectivity index (χ3n) is 27.5. The van der Waals surface area contributed by atoms with Crippen LogP contribution < -0.4 is 32.0 Å². The summed E-state index contributed by atoms with van der Waals surface area (Å²) in [4.78, 5) is 8.57. The molecule has 707 valence electrons. The second-order valence-electron chi connectivity index (χ2n) is 37.2. The molecule has 0 unspecified atom stereocenters. The maximum atomic E-state index is 7.56. The first-order chi connectivity index (χ1) is 73.8. The molecule has 9 nitrogen and oxygen atoms in total. The number of rotatable bonds is 6. The van der Waals surface area contributed by atoms with Crippen LogP contribution in [0.4, 0.5) is 0 Å². The molecule has 29 rings (SSSR count). The second kappa shape index (κ2) is 45.0. The Labute approximate surface area is 880 Å². The molecule has 22 aromatic rings. The van der Waals surface area contributed by atoms with Crippen LogP contribution in [0.1, 0.15) is 80.5 Å². The second-order valence-corrected chi connectivity index (χ2v) is 37.2. The fourth-order valence-corrected chi connectivity index (χ4v) is 20.2. The van der Waals surface area contributed by atoms with E-state index in [4.69, 9.17) is 8.22 Å². The molecule has 7 aliphatic rings. The van der Waals surface area contributed by atoms with Crippen molar-refractivity contribution in [1.82, 2.24) is 9.97 Å². The Morgan fingerprint density at radius 2 is 0.623 bits per heavy atom. The average molecular weight is 2070 g/mol. The fraction of sp³-hybridized carbons (Fsp3) is 0.0956. The zero-order valence-corrected chi connectivity index (χ0v) is 84.5. The van der Waals surface area contributed by atoms with E-state index in [1.165, 1.54) is 168 Å². The molecular weight excluding hydrogens is 1950 g/mol. The molecule has 1 radical (unpaired) electrons. The Morgan fingerprint density at radius 1 is 0.219 bits per heavy atom. The van der Waals surface area contributed by atoms with Crippen LogP contribution in [-0.2, 0) is 65.9 Å². The standard InChI is InChI=1S/2C19H16N.C18H14N.C17H12N.C14H14N.2C13H12N.C12H10N.C11H8N.Ir/c1-14-11-19-17-10-6-5-9-16(17)12-20(19)13-18(14)15-7-3-2-4-8-15;1-14-9-10-20-13-17-8-7-16(12-18(17)19(20)11-14)15-5-3-2-4-6-15;1-2-6-14(7-3-1)15-9-10-16-13-19-11-5-4-8-18(19)17(16)12-15;1-2-7-14(8-3-1)15-9-6-10-16(13-15)17-11-4-5-12-18-17;1-10-7-14-13-6-4-3-5-12(13)9-15(14)8-11(10)2;1-10-5-4-8-14-9-11-6-2-3-7-12(11)13(10)14;1-10-6-7-13-12-5-3-2-4-11(12)9-14(13)8-10;1-2-6-11-10(5-1)9-13-8-4-3-7-12(11)13;1-2-6-10(7-3-1)11-8-4-5-9-12-11;/h2-11,13H,12H2,1H3;2-12H,13H2,1H3;1-12H,13H2;1-9,11-13H;3-8H,9H2,1-2H3;2*2-8H,9H2,1H3;1-8H,9H2;1-6,8-9H;/q3*+1;-1;4*+1;-1;/i;;;;2D3;;1D3;;;. The molecule has 0 amide bonds. The number of fused-ring (bicyclic) bond motifs is 21. The van der Waals surface area contributed by atoms with E-state index in [0.29, 0.717) is 11.1 Å². The smallest absolute Gasteiger partial charge is 0.216 e. The van der Waals surface area contributed by atoms with E-state index in [1.54, 1.807) is 30.9 Å². The van der Waals surface area contributed by atoms with Gasteiger partial charge in [0.25, 0.3) is 0 Å². The Bertz CT molecular complexity index is 8520. The van der Waals surface area contributed by atoms with Crippen LogP contribution in [0.15, 0.2) is 499 Å². The summed E-state index contributed by atoms with van der Waals surface area (Å²) in [6.07, 6.45) is 18.0. The molecule has 0 saturated heterocycles. The largest absolute Gasteiger partial charge is 0.305 e. The Balaban J connectivity index is 0.000000103. The van der Waals surface area contributed by atoms with E-state index < -0.39 is 13.7 Å². The summed E-state index contributed by atoms with van der Waals surface area (Å²) in [5.74, 6) is 0. The van der Waals surface area contributed by atoms with Crippen LogP contribution in [0.2, 0.25) is 0 Å². The van der Waals surface area contributed by atoms with E-state index in [2.05, 4.69) is 412 Å². The predicted octanol–water partition coefficient (Wildman–Crippen LogP) is 27.6. The van der Waals surface area contributed by atoms with Gasteiger partial charge in [-0.25, -0.2) is 0 Å². The van der Waals surface area contributed by atoms with Crippen LogP contribution in [-0.4, -0.2) is 9.97 Å². The van der Waals surface area contributed by atoms with Gasteiger partial charge in [-0.2, -0.15) is 32.0 Å². The van der Waals surface area contributed by atoms with Crippen molar-refractivity contribution in [3.05, 3.63) is 583 Å². The molecule has 146 heavy (non-hydrogen) atoms. The summed E-state index contributed by atoms with van der Waals surface area (Å²) < 4.78 is 60.5. The maximum absolute atomic E-state index is 7.56. The zero-order valence-electron chi connectivity index (χ0n) is 88.2. The van der Waals surface area contributed by atoms with E-state index in [0.717, 1.165) is 85.3 Å². The van der Waals surface area contributed by atoms with Gasteiger partial charge >= 0.3 is 0 Å². The van der Waals surface area contributed by atoms with E-state index in [1.807, 2.05) is 137 Å². The minimum atomic E-state index is -2.04. The first kappa shape index (κ1) is 89.0. The maximum Gasteiger partial charge on any atom is 0.216 e. The number of pyridine rings is 9. The number of hydrogen-bond acceptors (Lipinski definition) is 2. The number of benzene rings is 13. The molecule has 0 fully saturated rings. The van der Waals surface area contributed by atoms with Gasteiger partial charge in [0.2, 0.25) is 39.9 Å². The first-order valence-corrected chi connectivity index (χ1v) is 49.6. The number of hydrogen-bond donors (Lipinski definition) is 0. The molecule has 9 aromatic heterocycles. The van der Waals surface area contributed by atoms with Crippen LogP contribution in [0.25, 0.3) is 146 Å². The molecule has 10 heteroatoms. The van der Waals surface area contributed by atoms with Gasteiger partial charge in [-0.1, -0.05) is 261 Å². The molecule has 16 heterocycles. The fourth-order valence-electron chi connectivity index (χ4n) is 20.2. The van der Waals surface area contributed by atoms with Gasteiger partial charge < -0.3 is 9.97 Å². The zero-order chi connectivity index (χ0) is 103. The van der Waals surface area contributed by atoms with Gasteiger partial charge in [-0.3, -0.25) is 0 Å². The van der Waals surface area contributed by atoms with Crippen molar-refractivity contribution in [2.75, 3.05) is 0 Å². The van der Waals surface area contributed by atoms with Crippen LogP contribution in [0, 0.1) is 53.5 Å². The number of aromatic nitrogens is 9. The van der Waals surface area contributed by atoms with Crippen molar-refractivity contribution >= 4 is 0 Å². The predicted molar refractivity (Wildman–Crippen MR) is 585 cm³/mol. The minimum absolute atomic E-state index is 0. The number of nitrogens with zero attached hydrogens (tertiary/aromatic N) is 9. The minimum Gasteiger partial charge on any atom is -0.305 e. The Hall–Kier alpha value is -17.1. The summed E-state index contributed by atoms with van der Waals surface area (Å²) in [7, 11) is 0. The molecule has 13 aromatic carbocycles. The van der Waals surface area contributed by atoms with Gasteiger partial charge in [0.1, 0.15) is 0 Å². The van der Waals surface area contributed by atoms with E-state index >= 15 is 0 Å². The van der Waals surface area contributed by atoms with Crippen molar-refractivity contribution < 1.29 is 60.3 Å². The molecule has 0 bridgehead atoms. The Kier molecular flexibility index (Phi) is 27.4. The monoisotopic (exact) mass is 2070 g/mol. The molecule has 0 spiro atoms. The average Bonchev–Trinajstić information content (AvgIpc) is 1.62. The Morgan fingerprint density at radius 3 is 1.15 bits per heavy atom. The molecule has 7 aliphatic heterocycles. The van der Waals surface area contributed by atoms with E-state index in [9.17, 15) is 0 Å². The van der Waals surface area contributed by atoms with Gasteiger partial charge in [0.05, 0.1) is 38.9 Å². The van der Waals surface area contributed by atoms with Crippen molar-refractivity contribution in [1.29, 1.82) is 0 Å². The SMILES string of the molecule is Cc1cc2[n+](cc1-c1ccccc1)Cc1ccccc1-2.Cc1cc[n+]2c(c1)-c1cc(-c3ccccc3)ccc1C2.Cc1ccc[n+]2c1-c1ccccc1C2.[2H]C([2H])([2H])c1c[n+]2c(cc1C)-c1ccccc1C2.[2H]C([2H])([2H])c1ccc2[n+](c1)Cc1ccccc1-2.[Ir].[c-]1ccc(-c2ccccc2)cc1-c1ccccn1.[c-]1ccccc1-c1ccccn1.c1ccc(-c2ccc3c(c2)-c2cccc[n+]2C3)cc1.c1ccc2c(c1)C[n+]1ccccc1-2. The van der Waals surface area contributed by atoms with Gasteiger partial charge in [0, 0.05) is 163 Å². The molecule has 0 N–H and O–H groups in total. The van der Waals surface area contributed by atoms with Crippen LogP contribution in [0.5, 0.6) is 0 Å². The summed E-state index contributed by atoms with van der Waals surface area (Å²) in [5, 5.41) is 0. The van der Waals surface area contributed by atoms with Crippen LogP contribution in [0.3, 0.4) is 0 Å². The van der Waals surface area contributed by atoms with Crippen LogP contribution >= 0.6 is 0 Å². The summed E-state index contributed by atoms with van der Waals surface area (Å²) in [5.41, 5.74) is 47.6. The normalized spacial score (nSPS) is 12.4. The first-order valence-electron chi connectivity index (χ1n) is 52.6. The third-order valence-corrected chi connectivity index (χ3v) is 27.5. The van der Waals surface area contributed by atoms with Gasteiger partial charge in [-0.05, 0) is 182 Å². The third kappa shape index (κ3) is 21.8.